The van der Waals surface area contributed by atoms with E-state index in [2.05, 4.69) is 25.6 Å². The van der Waals surface area contributed by atoms with Crippen LogP contribution in [-0.2, 0) is 4.79 Å². The quantitative estimate of drug-likeness (QED) is 0.701. The molecule has 2 heterocycles. The molecular weight excluding hydrogens is 334 g/mol. The molecule has 0 spiro atoms. The molecule has 0 fully saturated rings. The Labute approximate surface area is 149 Å². The highest BCUT2D eigenvalue weighted by molar-refractivity contribution is 5.94. The molecule has 26 heavy (non-hydrogen) atoms. The number of fused-ring (bicyclic) bond motifs is 1. The van der Waals surface area contributed by atoms with Crippen molar-refractivity contribution >= 4 is 28.4 Å². The van der Waals surface area contributed by atoms with Crippen molar-refractivity contribution in [2.45, 2.75) is 6.42 Å². The van der Waals surface area contributed by atoms with Gasteiger partial charge in [0.05, 0.1) is 30.7 Å². The number of hydrogen-bond acceptors (Lipinski definition) is 6. The maximum atomic E-state index is 12.0. The number of anilines is 1. The van der Waals surface area contributed by atoms with Crippen LogP contribution in [0, 0.1) is 0 Å². The van der Waals surface area contributed by atoms with Gasteiger partial charge >= 0.3 is 0 Å². The van der Waals surface area contributed by atoms with E-state index in [1.165, 1.54) is 18.6 Å². The molecule has 2 amide bonds. The number of carbonyl (C=O) groups excluding carboxylic acids is 2. The molecule has 3 rings (SSSR count). The molecular formula is C18H17N5O3. The van der Waals surface area contributed by atoms with E-state index in [1.54, 1.807) is 13.3 Å². The third-order valence-electron chi connectivity index (χ3n) is 3.61. The number of ether oxygens (including phenoxy) is 1. The Morgan fingerprint density at radius 1 is 1.12 bits per heavy atom. The summed E-state index contributed by atoms with van der Waals surface area (Å²) in [5.41, 5.74) is 1.58. The molecule has 0 aliphatic rings. The molecule has 1 aromatic carbocycles. The number of pyridine rings is 1. The minimum atomic E-state index is -0.368. The van der Waals surface area contributed by atoms with Crippen molar-refractivity contribution in [1.82, 2.24) is 20.3 Å². The number of carbonyl (C=O) groups is 2. The van der Waals surface area contributed by atoms with Crippen molar-refractivity contribution in [1.29, 1.82) is 0 Å². The van der Waals surface area contributed by atoms with Crippen LogP contribution in [0.2, 0.25) is 0 Å². The van der Waals surface area contributed by atoms with E-state index in [4.69, 9.17) is 4.74 Å². The first kappa shape index (κ1) is 17.3. The monoisotopic (exact) mass is 351 g/mol. The highest BCUT2D eigenvalue weighted by atomic mass is 16.5. The lowest BCUT2D eigenvalue weighted by atomic mass is 10.2. The maximum Gasteiger partial charge on any atom is 0.271 e. The van der Waals surface area contributed by atoms with E-state index in [9.17, 15) is 9.59 Å². The maximum absolute atomic E-state index is 12.0. The lowest BCUT2D eigenvalue weighted by Crippen LogP contribution is -2.28. The van der Waals surface area contributed by atoms with Crippen LogP contribution in [0.5, 0.6) is 5.75 Å². The van der Waals surface area contributed by atoms with Gasteiger partial charge in [0.15, 0.2) is 0 Å². The van der Waals surface area contributed by atoms with Crippen molar-refractivity contribution in [3.05, 3.63) is 54.7 Å². The number of nitrogens with zero attached hydrogens (tertiary/aromatic N) is 3. The first-order chi connectivity index (χ1) is 12.7. The summed E-state index contributed by atoms with van der Waals surface area (Å²) in [7, 11) is 1.60. The van der Waals surface area contributed by atoms with Crippen LogP contribution in [0.4, 0.5) is 5.69 Å². The van der Waals surface area contributed by atoms with Crippen LogP contribution >= 0.6 is 0 Å². The van der Waals surface area contributed by atoms with Gasteiger partial charge < -0.3 is 15.4 Å². The van der Waals surface area contributed by atoms with E-state index in [1.807, 2.05) is 24.3 Å². The van der Waals surface area contributed by atoms with Crippen molar-refractivity contribution in [2.75, 3.05) is 19.0 Å². The van der Waals surface area contributed by atoms with E-state index in [0.29, 0.717) is 5.69 Å². The third-order valence-corrected chi connectivity index (χ3v) is 3.61. The van der Waals surface area contributed by atoms with Crippen molar-refractivity contribution in [3.63, 3.8) is 0 Å². The van der Waals surface area contributed by atoms with E-state index >= 15 is 0 Å². The van der Waals surface area contributed by atoms with E-state index in [-0.39, 0.29) is 30.5 Å². The zero-order valence-corrected chi connectivity index (χ0v) is 14.1. The number of methoxy groups -OCH3 is 1. The Morgan fingerprint density at radius 3 is 2.77 bits per heavy atom. The molecule has 132 valence electrons. The van der Waals surface area contributed by atoms with E-state index in [0.717, 1.165) is 16.7 Å². The molecule has 2 aromatic heterocycles. The standard InChI is InChI=1S/C18H17N5O3/c1-26-14-3-2-12-8-13(10-22-15(12)9-14)23-17(24)4-5-21-18(25)16-11-19-6-7-20-16/h2-3,6-11H,4-5H2,1H3,(H,21,25)(H,23,24). The molecule has 0 atom stereocenters. The first-order valence-electron chi connectivity index (χ1n) is 7.93. The second-order valence-corrected chi connectivity index (χ2v) is 5.43. The fraction of sp³-hybridized carbons (Fsp3) is 0.167. The van der Waals surface area contributed by atoms with Crippen LogP contribution in [-0.4, -0.2) is 40.4 Å². The van der Waals surface area contributed by atoms with Crippen LogP contribution in [0.3, 0.4) is 0 Å². The zero-order valence-electron chi connectivity index (χ0n) is 14.1. The first-order valence-corrected chi connectivity index (χ1v) is 7.93. The summed E-state index contributed by atoms with van der Waals surface area (Å²) in [6.07, 6.45) is 6.00. The summed E-state index contributed by atoms with van der Waals surface area (Å²) in [5, 5.41) is 6.28. The van der Waals surface area contributed by atoms with Crippen molar-refractivity contribution < 1.29 is 14.3 Å². The number of rotatable bonds is 6. The molecule has 0 aliphatic carbocycles. The smallest absolute Gasteiger partial charge is 0.271 e. The molecule has 3 aromatic rings. The molecule has 0 radical (unpaired) electrons. The Hall–Kier alpha value is -3.55. The number of amides is 2. The third kappa shape index (κ3) is 4.29. The van der Waals surface area contributed by atoms with Gasteiger partial charge in [0.2, 0.25) is 5.91 Å². The summed E-state index contributed by atoms with van der Waals surface area (Å²) in [6.45, 7) is 0.194. The normalized spacial score (nSPS) is 10.3. The summed E-state index contributed by atoms with van der Waals surface area (Å²) in [6, 6.07) is 7.36. The van der Waals surface area contributed by atoms with Gasteiger partial charge in [-0.2, -0.15) is 0 Å². The Bertz CT molecular complexity index is 931. The van der Waals surface area contributed by atoms with Crippen molar-refractivity contribution in [3.8, 4) is 5.75 Å². The molecule has 0 saturated heterocycles. The fourth-order valence-electron chi connectivity index (χ4n) is 2.32. The van der Waals surface area contributed by atoms with Gasteiger partial charge in [-0.05, 0) is 18.2 Å². The minimum Gasteiger partial charge on any atom is -0.497 e. The highest BCUT2D eigenvalue weighted by Gasteiger charge is 2.08. The molecule has 0 bridgehead atoms. The van der Waals surface area contributed by atoms with Gasteiger partial charge in [-0.3, -0.25) is 19.6 Å². The van der Waals surface area contributed by atoms with Gasteiger partial charge in [0, 0.05) is 36.8 Å². The van der Waals surface area contributed by atoms with Crippen LogP contribution in [0.25, 0.3) is 10.9 Å². The summed E-state index contributed by atoms with van der Waals surface area (Å²) < 4.78 is 5.16. The predicted molar refractivity (Wildman–Crippen MR) is 95.9 cm³/mol. The van der Waals surface area contributed by atoms with Crippen LogP contribution in [0.1, 0.15) is 16.9 Å². The van der Waals surface area contributed by atoms with Crippen molar-refractivity contribution in [2.24, 2.45) is 0 Å². The predicted octanol–water partition coefficient (Wildman–Crippen LogP) is 1.79. The molecule has 8 nitrogen and oxygen atoms in total. The summed E-state index contributed by atoms with van der Waals surface area (Å²) in [4.78, 5) is 35.9. The number of aromatic nitrogens is 3. The van der Waals surface area contributed by atoms with Gasteiger partial charge in [-0.25, -0.2) is 4.98 Å². The van der Waals surface area contributed by atoms with Gasteiger partial charge in [-0.15, -0.1) is 0 Å². The second-order valence-electron chi connectivity index (χ2n) is 5.43. The molecule has 0 saturated carbocycles. The Kier molecular flexibility index (Phi) is 5.33. The van der Waals surface area contributed by atoms with Crippen LogP contribution < -0.4 is 15.4 Å². The molecule has 8 heteroatoms. The van der Waals surface area contributed by atoms with E-state index < -0.39 is 0 Å². The SMILES string of the molecule is COc1ccc2cc(NC(=O)CCNC(=O)c3cnccn3)cnc2c1. The number of benzene rings is 1. The van der Waals surface area contributed by atoms with Crippen LogP contribution in [0.15, 0.2) is 49.1 Å². The average molecular weight is 351 g/mol. The summed E-state index contributed by atoms with van der Waals surface area (Å²) >= 11 is 0. The average Bonchev–Trinajstić information content (AvgIpc) is 2.68. The minimum absolute atomic E-state index is 0.132. The molecule has 2 N–H and O–H groups in total. The van der Waals surface area contributed by atoms with Gasteiger partial charge in [0.1, 0.15) is 11.4 Å². The number of hydrogen-bond donors (Lipinski definition) is 2. The highest BCUT2D eigenvalue weighted by Crippen LogP contribution is 2.21. The Morgan fingerprint density at radius 2 is 2.00 bits per heavy atom. The topological polar surface area (TPSA) is 106 Å². The largest absolute Gasteiger partial charge is 0.497 e. The fourth-order valence-corrected chi connectivity index (χ4v) is 2.32. The lowest BCUT2D eigenvalue weighted by molar-refractivity contribution is -0.116. The molecule has 0 unspecified atom stereocenters. The second kappa shape index (κ2) is 8.02. The Balaban J connectivity index is 1.53. The zero-order chi connectivity index (χ0) is 18.4. The molecule has 0 aliphatic heterocycles. The van der Waals surface area contributed by atoms with Gasteiger partial charge in [0.25, 0.3) is 5.91 Å². The van der Waals surface area contributed by atoms with Gasteiger partial charge in [-0.1, -0.05) is 0 Å². The summed E-state index contributed by atoms with van der Waals surface area (Å²) in [5.74, 6) is 0.131. The lowest BCUT2D eigenvalue weighted by Gasteiger charge is -2.08. The number of nitrogens with one attached hydrogen (secondary N) is 2.